The lowest BCUT2D eigenvalue weighted by Gasteiger charge is -2.12. The molecule has 0 aliphatic carbocycles. The second kappa shape index (κ2) is 9.59. The van der Waals surface area contributed by atoms with Gasteiger partial charge in [-0.1, -0.05) is 39.7 Å². The van der Waals surface area contributed by atoms with E-state index in [2.05, 4.69) is 26.0 Å². The number of pyridine rings is 1. The van der Waals surface area contributed by atoms with Crippen LogP contribution < -0.4 is 4.74 Å². The van der Waals surface area contributed by atoms with E-state index in [0.29, 0.717) is 28.6 Å². The fraction of sp³-hybridized carbons (Fsp3) is 0.111. The molecule has 0 aliphatic rings. The number of fused-ring (bicyclic) bond motifs is 1. The number of alkyl halides is 3. The minimum Gasteiger partial charge on any atom is -0.489 e. The van der Waals surface area contributed by atoms with Gasteiger partial charge in [0.05, 0.1) is 28.0 Å². The summed E-state index contributed by atoms with van der Waals surface area (Å²) in [6, 6.07) is 22.3. The highest BCUT2D eigenvalue weighted by Gasteiger charge is 2.35. The summed E-state index contributed by atoms with van der Waals surface area (Å²) in [7, 11) is 0. The summed E-state index contributed by atoms with van der Waals surface area (Å²) in [6.45, 7) is 1.89. The fourth-order valence-corrected chi connectivity index (χ4v) is 4.28. The maximum atomic E-state index is 14.1. The van der Waals surface area contributed by atoms with Crippen molar-refractivity contribution < 1.29 is 17.9 Å². The fourth-order valence-electron chi connectivity index (χ4n) is 3.89. The summed E-state index contributed by atoms with van der Waals surface area (Å²) < 4.78 is 50.4. The molecule has 0 fully saturated rings. The van der Waals surface area contributed by atoms with E-state index >= 15 is 0 Å². The third kappa shape index (κ3) is 4.96. The average molecular weight is 573 g/mol. The number of halogens is 5. The van der Waals surface area contributed by atoms with Crippen molar-refractivity contribution >= 4 is 38.6 Å². The van der Waals surface area contributed by atoms with Crippen LogP contribution in [0.2, 0.25) is 5.02 Å². The van der Waals surface area contributed by atoms with Gasteiger partial charge in [-0.15, -0.1) is 0 Å². The molecule has 0 spiro atoms. The van der Waals surface area contributed by atoms with Gasteiger partial charge in [-0.25, -0.2) is 9.67 Å². The van der Waals surface area contributed by atoms with E-state index in [-0.39, 0.29) is 22.4 Å². The van der Waals surface area contributed by atoms with E-state index in [4.69, 9.17) is 16.3 Å². The first-order valence-corrected chi connectivity index (χ1v) is 12.1. The van der Waals surface area contributed by atoms with Gasteiger partial charge in [0.25, 0.3) is 0 Å². The van der Waals surface area contributed by atoms with Crippen LogP contribution in [0.5, 0.6) is 5.75 Å². The van der Waals surface area contributed by atoms with Crippen molar-refractivity contribution in [1.82, 2.24) is 14.8 Å². The Morgan fingerprint density at radius 1 is 0.944 bits per heavy atom. The van der Waals surface area contributed by atoms with Gasteiger partial charge in [0.1, 0.15) is 12.4 Å². The molecule has 0 N–H and O–H groups in total. The molecule has 4 nitrogen and oxygen atoms in total. The van der Waals surface area contributed by atoms with Gasteiger partial charge < -0.3 is 4.74 Å². The number of rotatable bonds is 5. The highest BCUT2D eigenvalue weighted by molar-refractivity contribution is 9.10. The Morgan fingerprint density at radius 3 is 2.25 bits per heavy atom. The van der Waals surface area contributed by atoms with Crippen LogP contribution in [-0.4, -0.2) is 14.8 Å². The number of ether oxygens (including phenoxy) is 1. The van der Waals surface area contributed by atoms with Gasteiger partial charge in [0, 0.05) is 15.1 Å². The van der Waals surface area contributed by atoms with Crippen molar-refractivity contribution in [1.29, 1.82) is 0 Å². The zero-order valence-corrected chi connectivity index (χ0v) is 21.2. The molecule has 0 unspecified atom stereocenters. The molecular weight excluding hydrogens is 555 g/mol. The molecule has 0 atom stereocenters. The zero-order valence-electron chi connectivity index (χ0n) is 18.9. The normalized spacial score (nSPS) is 11.7. The lowest BCUT2D eigenvalue weighted by Crippen LogP contribution is -2.08. The molecule has 3 aromatic carbocycles. The number of aryl methyl sites for hydroxylation is 1. The van der Waals surface area contributed by atoms with E-state index in [1.165, 1.54) is 4.68 Å². The molecule has 0 saturated carbocycles. The van der Waals surface area contributed by atoms with E-state index in [1.54, 1.807) is 67.6 Å². The Kier molecular flexibility index (Phi) is 6.49. The van der Waals surface area contributed by atoms with E-state index in [1.807, 2.05) is 12.1 Å². The van der Waals surface area contributed by atoms with E-state index < -0.39 is 11.7 Å². The highest BCUT2D eigenvalue weighted by Crippen LogP contribution is 2.39. The maximum Gasteiger partial charge on any atom is 0.417 e. The van der Waals surface area contributed by atoms with Gasteiger partial charge >= 0.3 is 6.18 Å². The number of nitrogens with zero attached hydrogens (tertiary/aromatic N) is 3. The van der Waals surface area contributed by atoms with Gasteiger partial charge in [-0.05, 0) is 79.2 Å². The van der Waals surface area contributed by atoms with Crippen LogP contribution in [0.3, 0.4) is 0 Å². The summed E-state index contributed by atoms with van der Waals surface area (Å²) in [5.74, 6) is 0.585. The highest BCUT2D eigenvalue weighted by atomic mass is 79.9. The number of hydrogen-bond acceptors (Lipinski definition) is 3. The standard InChI is InChI=1S/C27H18BrClF3N3O/c1-16-25-23(27(30,31)32)14-24(33-26(25)35(34-16)21-10-6-19(28)7-11-21)18-4-12-22(13-5-18)36-15-17-2-8-20(29)9-3-17/h2-14H,15H2,1H3. The van der Waals surface area contributed by atoms with Crippen molar-refractivity contribution in [2.45, 2.75) is 19.7 Å². The van der Waals surface area contributed by atoms with Crippen molar-refractivity contribution in [3.8, 4) is 22.7 Å². The Bertz CT molecular complexity index is 1530. The summed E-state index contributed by atoms with van der Waals surface area (Å²) in [5, 5.41) is 5.01. The molecule has 182 valence electrons. The van der Waals surface area contributed by atoms with Crippen LogP contribution in [0.15, 0.2) is 83.3 Å². The maximum absolute atomic E-state index is 14.1. The van der Waals surface area contributed by atoms with E-state index in [9.17, 15) is 13.2 Å². The molecule has 0 aliphatic heterocycles. The van der Waals surface area contributed by atoms with Gasteiger partial charge in [0.2, 0.25) is 0 Å². The molecule has 0 saturated heterocycles. The lowest BCUT2D eigenvalue weighted by molar-refractivity contribution is -0.136. The Hall–Kier alpha value is -3.36. The van der Waals surface area contributed by atoms with Crippen molar-refractivity contribution in [2.24, 2.45) is 0 Å². The molecule has 0 bridgehead atoms. The Morgan fingerprint density at radius 2 is 1.61 bits per heavy atom. The third-order valence-corrected chi connectivity index (χ3v) is 6.44. The smallest absolute Gasteiger partial charge is 0.417 e. The molecule has 0 amide bonds. The predicted octanol–water partition coefficient (Wildman–Crippen LogP) is 8.41. The quantitative estimate of drug-likeness (QED) is 0.212. The summed E-state index contributed by atoms with van der Waals surface area (Å²) >= 11 is 9.28. The average Bonchev–Trinajstić information content (AvgIpc) is 3.19. The van der Waals surface area contributed by atoms with Crippen molar-refractivity contribution in [3.05, 3.63) is 105 Å². The largest absolute Gasteiger partial charge is 0.489 e. The molecule has 0 radical (unpaired) electrons. The SMILES string of the molecule is Cc1nn(-c2ccc(Br)cc2)c2nc(-c3ccc(OCc4ccc(Cl)cc4)cc3)cc(C(F)(F)F)c12. The molecular formula is C27H18BrClF3N3O. The van der Waals surface area contributed by atoms with Crippen LogP contribution >= 0.6 is 27.5 Å². The van der Waals surface area contributed by atoms with Gasteiger partial charge in [-0.2, -0.15) is 18.3 Å². The molecule has 36 heavy (non-hydrogen) atoms. The number of hydrogen-bond donors (Lipinski definition) is 0. The minimum absolute atomic E-state index is 0.0166. The third-order valence-electron chi connectivity index (χ3n) is 5.66. The summed E-state index contributed by atoms with van der Waals surface area (Å²) in [5.41, 5.74) is 1.90. The molecule has 9 heteroatoms. The molecule has 5 rings (SSSR count). The second-order valence-corrected chi connectivity index (χ2v) is 9.52. The molecule has 2 heterocycles. The van der Waals surface area contributed by atoms with Crippen LogP contribution in [0.1, 0.15) is 16.8 Å². The second-order valence-electron chi connectivity index (χ2n) is 8.16. The first kappa shape index (κ1) is 24.3. The molecule has 5 aromatic rings. The first-order valence-electron chi connectivity index (χ1n) is 10.9. The number of aromatic nitrogens is 3. The summed E-state index contributed by atoms with van der Waals surface area (Å²) in [6.07, 6.45) is -4.57. The Balaban J connectivity index is 1.53. The van der Waals surface area contributed by atoms with E-state index in [0.717, 1.165) is 16.1 Å². The monoisotopic (exact) mass is 571 g/mol. The first-order chi connectivity index (χ1) is 17.2. The van der Waals surface area contributed by atoms with Crippen LogP contribution in [0.4, 0.5) is 13.2 Å². The predicted molar refractivity (Wildman–Crippen MR) is 138 cm³/mol. The lowest BCUT2D eigenvalue weighted by atomic mass is 10.0. The zero-order chi connectivity index (χ0) is 25.4. The van der Waals surface area contributed by atoms with Crippen molar-refractivity contribution in [2.75, 3.05) is 0 Å². The van der Waals surface area contributed by atoms with Crippen LogP contribution in [-0.2, 0) is 12.8 Å². The minimum atomic E-state index is -4.57. The van der Waals surface area contributed by atoms with Crippen LogP contribution in [0.25, 0.3) is 28.0 Å². The van der Waals surface area contributed by atoms with Gasteiger partial charge in [0.15, 0.2) is 5.65 Å². The Labute approximate surface area is 218 Å². The molecule has 2 aromatic heterocycles. The van der Waals surface area contributed by atoms with Gasteiger partial charge in [-0.3, -0.25) is 0 Å². The number of benzene rings is 3. The topological polar surface area (TPSA) is 39.9 Å². The summed E-state index contributed by atoms with van der Waals surface area (Å²) in [4.78, 5) is 4.61. The van der Waals surface area contributed by atoms with Crippen LogP contribution in [0, 0.1) is 6.92 Å². The van der Waals surface area contributed by atoms with Crippen molar-refractivity contribution in [3.63, 3.8) is 0 Å².